The molecule has 0 aromatic heterocycles. The smallest absolute Gasteiger partial charge is 0.224 e. The quantitative estimate of drug-likeness (QED) is 0.607. The average molecular weight is 392 g/mol. The number of hydrogen-bond donors (Lipinski definition) is 1. The standard InChI is InChI=1S/C22H37N3OS/c1-4-11-24(12-5-2)13-7-10-22(26)23-21-9-6-8-20(19(21)3)18-25-14-16-27-17-15-25/h6,8-9H,4-5,7,10-18H2,1-3H3,(H,23,26). The lowest BCUT2D eigenvalue weighted by molar-refractivity contribution is -0.116. The number of anilines is 1. The van der Waals surface area contributed by atoms with Crippen molar-refractivity contribution < 1.29 is 4.79 Å². The van der Waals surface area contributed by atoms with Crippen LogP contribution in [-0.2, 0) is 11.3 Å². The van der Waals surface area contributed by atoms with Crippen molar-refractivity contribution in [1.29, 1.82) is 0 Å². The molecule has 0 unspecified atom stereocenters. The van der Waals surface area contributed by atoms with Crippen molar-refractivity contribution in [3.05, 3.63) is 29.3 Å². The van der Waals surface area contributed by atoms with Crippen LogP contribution >= 0.6 is 11.8 Å². The highest BCUT2D eigenvalue weighted by atomic mass is 32.2. The molecule has 27 heavy (non-hydrogen) atoms. The van der Waals surface area contributed by atoms with E-state index in [0.29, 0.717) is 6.42 Å². The van der Waals surface area contributed by atoms with E-state index in [1.165, 1.54) is 35.5 Å². The topological polar surface area (TPSA) is 35.6 Å². The molecule has 0 aliphatic carbocycles. The number of hydrogen-bond acceptors (Lipinski definition) is 4. The Morgan fingerprint density at radius 2 is 1.85 bits per heavy atom. The van der Waals surface area contributed by atoms with Gasteiger partial charge in [0.25, 0.3) is 0 Å². The lowest BCUT2D eigenvalue weighted by atomic mass is 10.1. The summed E-state index contributed by atoms with van der Waals surface area (Å²) in [7, 11) is 0. The van der Waals surface area contributed by atoms with Gasteiger partial charge in [0.2, 0.25) is 5.91 Å². The van der Waals surface area contributed by atoms with Crippen LogP contribution < -0.4 is 5.32 Å². The second kappa shape index (κ2) is 12.4. The van der Waals surface area contributed by atoms with Crippen LogP contribution in [0.3, 0.4) is 0 Å². The maximum absolute atomic E-state index is 12.4. The first-order valence-corrected chi connectivity index (χ1v) is 11.7. The maximum Gasteiger partial charge on any atom is 0.224 e. The lowest BCUT2D eigenvalue weighted by Crippen LogP contribution is -2.32. The highest BCUT2D eigenvalue weighted by molar-refractivity contribution is 7.99. The molecule has 1 aliphatic rings. The number of nitrogens with zero attached hydrogens (tertiary/aromatic N) is 2. The van der Waals surface area contributed by atoms with Crippen molar-refractivity contribution in [1.82, 2.24) is 9.80 Å². The first kappa shape index (κ1) is 22.3. The third kappa shape index (κ3) is 7.84. The Morgan fingerprint density at radius 1 is 1.15 bits per heavy atom. The van der Waals surface area contributed by atoms with Crippen molar-refractivity contribution in [3.8, 4) is 0 Å². The second-order valence-corrected chi connectivity index (χ2v) is 8.70. The summed E-state index contributed by atoms with van der Waals surface area (Å²) >= 11 is 2.04. The molecular formula is C22H37N3OS. The summed E-state index contributed by atoms with van der Waals surface area (Å²) < 4.78 is 0. The Labute approximate surface area is 170 Å². The highest BCUT2D eigenvalue weighted by Crippen LogP contribution is 2.22. The van der Waals surface area contributed by atoms with E-state index in [0.717, 1.165) is 51.4 Å². The molecule has 1 aromatic carbocycles. The largest absolute Gasteiger partial charge is 0.326 e. The summed E-state index contributed by atoms with van der Waals surface area (Å²) in [5.74, 6) is 2.59. The molecule has 1 N–H and O–H groups in total. The molecule has 1 fully saturated rings. The van der Waals surface area contributed by atoms with E-state index in [-0.39, 0.29) is 5.91 Å². The number of thioether (sulfide) groups is 1. The Balaban J connectivity index is 1.83. The minimum Gasteiger partial charge on any atom is -0.326 e. The number of rotatable bonds is 11. The number of benzene rings is 1. The van der Waals surface area contributed by atoms with Gasteiger partial charge in [0.1, 0.15) is 0 Å². The number of carbonyl (C=O) groups excluding carboxylic acids is 1. The molecule has 1 heterocycles. The molecule has 4 nitrogen and oxygen atoms in total. The third-order valence-electron chi connectivity index (χ3n) is 5.18. The van der Waals surface area contributed by atoms with Crippen LogP contribution in [0, 0.1) is 6.92 Å². The van der Waals surface area contributed by atoms with Gasteiger partial charge in [-0.15, -0.1) is 0 Å². The number of nitrogens with one attached hydrogen (secondary N) is 1. The van der Waals surface area contributed by atoms with Crippen LogP contribution in [0.5, 0.6) is 0 Å². The zero-order valence-electron chi connectivity index (χ0n) is 17.4. The van der Waals surface area contributed by atoms with Crippen LogP contribution in [0.15, 0.2) is 18.2 Å². The third-order valence-corrected chi connectivity index (χ3v) is 6.12. The lowest BCUT2D eigenvalue weighted by Gasteiger charge is -2.27. The molecule has 0 bridgehead atoms. The second-order valence-electron chi connectivity index (χ2n) is 7.47. The van der Waals surface area contributed by atoms with Gasteiger partial charge in [0.15, 0.2) is 0 Å². The molecule has 0 spiro atoms. The summed E-state index contributed by atoms with van der Waals surface area (Å²) in [5, 5.41) is 3.15. The molecule has 2 rings (SSSR count). The van der Waals surface area contributed by atoms with Crippen molar-refractivity contribution in [3.63, 3.8) is 0 Å². The van der Waals surface area contributed by atoms with E-state index in [4.69, 9.17) is 0 Å². The normalized spacial score (nSPS) is 15.3. The monoisotopic (exact) mass is 391 g/mol. The average Bonchev–Trinajstić information content (AvgIpc) is 2.66. The Kier molecular flexibility index (Phi) is 10.2. The van der Waals surface area contributed by atoms with E-state index < -0.39 is 0 Å². The van der Waals surface area contributed by atoms with Crippen LogP contribution in [0.4, 0.5) is 5.69 Å². The first-order valence-electron chi connectivity index (χ1n) is 10.5. The molecular weight excluding hydrogens is 354 g/mol. The number of amides is 1. The SMILES string of the molecule is CCCN(CCC)CCCC(=O)Nc1cccc(CN2CCSCC2)c1C. The molecule has 0 radical (unpaired) electrons. The van der Waals surface area contributed by atoms with Gasteiger partial charge in [-0.05, 0) is 63.0 Å². The van der Waals surface area contributed by atoms with Gasteiger partial charge in [-0.2, -0.15) is 11.8 Å². The molecule has 152 valence electrons. The highest BCUT2D eigenvalue weighted by Gasteiger charge is 2.14. The summed E-state index contributed by atoms with van der Waals surface area (Å²) in [6.45, 7) is 13.1. The van der Waals surface area contributed by atoms with Gasteiger partial charge in [-0.25, -0.2) is 0 Å². The van der Waals surface area contributed by atoms with Crippen LogP contribution in [0.2, 0.25) is 0 Å². The summed E-state index contributed by atoms with van der Waals surface area (Å²) in [6.07, 6.45) is 3.87. The summed E-state index contributed by atoms with van der Waals surface area (Å²) in [6, 6.07) is 6.30. The van der Waals surface area contributed by atoms with E-state index in [9.17, 15) is 4.79 Å². The maximum atomic E-state index is 12.4. The zero-order chi connectivity index (χ0) is 19.5. The van der Waals surface area contributed by atoms with Crippen LogP contribution in [-0.4, -0.2) is 59.9 Å². The van der Waals surface area contributed by atoms with E-state index in [2.05, 4.69) is 48.0 Å². The van der Waals surface area contributed by atoms with E-state index >= 15 is 0 Å². The van der Waals surface area contributed by atoms with Crippen LogP contribution in [0.25, 0.3) is 0 Å². The van der Waals surface area contributed by atoms with E-state index in [1.54, 1.807) is 0 Å². The van der Waals surface area contributed by atoms with Crippen LogP contribution in [0.1, 0.15) is 50.7 Å². The van der Waals surface area contributed by atoms with E-state index in [1.807, 2.05) is 17.8 Å². The van der Waals surface area contributed by atoms with Gasteiger partial charge in [0.05, 0.1) is 0 Å². The van der Waals surface area contributed by atoms with Gasteiger partial charge >= 0.3 is 0 Å². The zero-order valence-corrected chi connectivity index (χ0v) is 18.2. The van der Waals surface area contributed by atoms with Crippen molar-refractivity contribution in [2.45, 2.75) is 53.0 Å². The minimum atomic E-state index is 0.137. The van der Waals surface area contributed by atoms with Gasteiger partial charge in [0, 0.05) is 43.2 Å². The predicted octanol–water partition coefficient (Wildman–Crippen LogP) is 4.38. The van der Waals surface area contributed by atoms with Crippen molar-refractivity contribution in [2.75, 3.05) is 49.5 Å². The van der Waals surface area contributed by atoms with Crippen molar-refractivity contribution in [2.24, 2.45) is 0 Å². The summed E-state index contributed by atoms with van der Waals surface area (Å²) in [5.41, 5.74) is 3.52. The first-order chi connectivity index (χ1) is 13.1. The molecule has 0 atom stereocenters. The van der Waals surface area contributed by atoms with Crippen molar-refractivity contribution >= 4 is 23.4 Å². The Hall–Kier alpha value is -1.04. The molecule has 1 aliphatic heterocycles. The Morgan fingerprint density at radius 3 is 2.52 bits per heavy atom. The molecule has 1 saturated heterocycles. The number of carbonyl (C=O) groups is 1. The summed E-state index contributed by atoms with van der Waals surface area (Å²) in [4.78, 5) is 17.4. The van der Waals surface area contributed by atoms with Gasteiger partial charge in [-0.1, -0.05) is 26.0 Å². The fraction of sp³-hybridized carbons (Fsp3) is 0.682. The molecule has 1 aromatic rings. The van der Waals surface area contributed by atoms with Gasteiger partial charge in [-0.3, -0.25) is 9.69 Å². The fourth-order valence-corrected chi connectivity index (χ4v) is 4.61. The van der Waals surface area contributed by atoms with Gasteiger partial charge < -0.3 is 10.2 Å². The molecule has 0 saturated carbocycles. The fourth-order valence-electron chi connectivity index (χ4n) is 3.63. The molecule has 5 heteroatoms. The Bertz CT molecular complexity index is 567. The molecule has 1 amide bonds. The predicted molar refractivity (Wildman–Crippen MR) is 119 cm³/mol. The minimum absolute atomic E-state index is 0.137.